The first-order valence-electron chi connectivity index (χ1n) is 4.55. The quantitative estimate of drug-likeness (QED) is 0.420. The molecule has 4 heteroatoms. The lowest BCUT2D eigenvalue weighted by atomic mass is 10.1. The zero-order valence-electron chi connectivity index (χ0n) is 8.94. The van der Waals surface area contributed by atoms with Gasteiger partial charge in [-0.05, 0) is 12.5 Å². The van der Waals surface area contributed by atoms with E-state index in [1.165, 1.54) is 10.7 Å². The van der Waals surface area contributed by atoms with Crippen molar-refractivity contribution in [3.63, 3.8) is 0 Å². The lowest BCUT2D eigenvalue weighted by Crippen LogP contribution is -2.46. The molecule has 0 spiro atoms. The molecule has 1 rings (SSSR count). The van der Waals surface area contributed by atoms with Crippen LogP contribution in [0.3, 0.4) is 0 Å². The summed E-state index contributed by atoms with van der Waals surface area (Å²) in [6.07, 6.45) is -0.204. The molecule has 1 atom stereocenters. The molecule has 0 aromatic heterocycles. The summed E-state index contributed by atoms with van der Waals surface area (Å²) < 4.78 is 0. The number of nitrogens with two attached hydrogens (primary N) is 2. The van der Waals surface area contributed by atoms with E-state index < -0.39 is 0 Å². The molecule has 0 saturated heterocycles. The van der Waals surface area contributed by atoms with Crippen LogP contribution in [-0.2, 0) is 0 Å². The normalized spacial score (nSPS) is 13.6. The molecule has 1 aromatic rings. The van der Waals surface area contributed by atoms with Crippen LogP contribution in [0, 0.1) is 6.92 Å². The number of nitrogens with zero attached hydrogens (tertiary/aromatic N) is 2. The maximum absolute atomic E-state index is 6.01. The first-order chi connectivity index (χ1) is 6.52. The summed E-state index contributed by atoms with van der Waals surface area (Å²) in [6, 6.07) is 8.10. The van der Waals surface area contributed by atoms with Crippen LogP contribution >= 0.6 is 0 Å². The van der Waals surface area contributed by atoms with Gasteiger partial charge < -0.3 is 5.73 Å². The summed E-state index contributed by atoms with van der Waals surface area (Å²) in [5, 5.41) is 3.25. The second kappa shape index (κ2) is 4.52. The van der Waals surface area contributed by atoms with Crippen molar-refractivity contribution in [3.05, 3.63) is 35.4 Å². The topological polar surface area (TPSA) is 58.5 Å². The zero-order valence-corrected chi connectivity index (χ0v) is 8.94. The van der Waals surface area contributed by atoms with E-state index >= 15 is 0 Å². The molecule has 1 unspecified atom stereocenters. The van der Waals surface area contributed by atoms with E-state index in [1.54, 1.807) is 12.1 Å². The van der Waals surface area contributed by atoms with Gasteiger partial charge in [-0.25, -0.2) is 5.01 Å². The fourth-order valence-electron chi connectivity index (χ4n) is 1.27. The largest absolute Gasteiger partial charge is 0.311 e. The van der Waals surface area contributed by atoms with Gasteiger partial charge in [0.25, 0.3) is 0 Å². The maximum atomic E-state index is 6.01. The lowest BCUT2D eigenvalue weighted by molar-refractivity contribution is -0.0144. The predicted octanol–water partition coefficient (Wildman–Crippen LogP) is 0.605. The number of rotatable bonds is 3. The molecule has 0 aliphatic rings. The number of aryl methyl sites for hydroxylation is 1. The summed E-state index contributed by atoms with van der Waals surface area (Å²) >= 11 is 0. The molecule has 0 amide bonds. The molecule has 1 aromatic carbocycles. The molecular weight excluding hydrogens is 176 g/mol. The van der Waals surface area contributed by atoms with Crippen LogP contribution in [0.1, 0.15) is 17.3 Å². The van der Waals surface area contributed by atoms with Gasteiger partial charge in [-0.3, -0.25) is 5.84 Å². The van der Waals surface area contributed by atoms with Crippen molar-refractivity contribution >= 4 is 0 Å². The van der Waals surface area contributed by atoms with Gasteiger partial charge in [0.15, 0.2) is 0 Å². The third-order valence-electron chi connectivity index (χ3n) is 2.28. The molecule has 4 nitrogen and oxygen atoms in total. The van der Waals surface area contributed by atoms with Gasteiger partial charge in [-0.2, -0.15) is 5.12 Å². The molecule has 0 fully saturated rings. The molecule has 0 aliphatic heterocycles. The van der Waals surface area contributed by atoms with Gasteiger partial charge in [-0.1, -0.05) is 29.8 Å². The van der Waals surface area contributed by atoms with Gasteiger partial charge in [0.05, 0.1) is 6.17 Å². The maximum Gasteiger partial charge on any atom is 0.0979 e. The molecule has 0 bridgehead atoms. The van der Waals surface area contributed by atoms with E-state index in [2.05, 4.69) is 6.07 Å². The minimum atomic E-state index is -0.204. The predicted molar refractivity (Wildman–Crippen MR) is 57.8 cm³/mol. The Kier molecular flexibility index (Phi) is 3.60. The third kappa shape index (κ3) is 2.52. The summed E-state index contributed by atoms with van der Waals surface area (Å²) in [5.41, 5.74) is 8.27. The highest BCUT2D eigenvalue weighted by molar-refractivity contribution is 5.24. The average Bonchev–Trinajstić information content (AvgIpc) is 2.15. The molecular formula is C10H18N4. The highest BCUT2D eigenvalue weighted by atomic mass is 15.7. The Morgan fingerprint density at radius 1 is 1.29 bits per heavy atom. The van der Waals surface area contributed by atoms with Crippen LogP contribution in [0.4, 0.5) is 0 Å². The number of benzene rings is 1. The number of hydrogen-bond donors (Lipinski definition) is 2. The lowest BCUT2D eigenvalue weighted by Gasteiger charge is -2.29. The van der Waals surface area contributed by atoms with E-state index in [0.717, 1.165) is 5.56 Å². The fourth-order valence-corrected chi connectivity index (χ4v) is 1.27. The second-order valence-electron chi connectivity index (χ2n) is 3.51. The van der Waals surface area contributed by atoms with E-state index in [0.29, 0.717) is 0 Å². The summed E-state index contributed by atoms with van der Waals surface area (Å²) in [6.45, 7) is 2.04. The fraction of sp³-hybridized carbons (Fsp3) is 0.400. The minimum Gasteiger partial charge on any atom is -0.311 e. The molecule has 0 radical (unpaired) electrons. The first-order valence-corrected chi connectivity index (χ1v) is 4.55. The van der Waals surface area contributed by atoms with Crippen molar-refractivity contribution < 1.29 is 0 Å². The number of hydrogen-bond acceptors (Lipinski definition) is 4. The molecule has 0 saturated carbocycles. The molecule has 4 N–H and O–H groups in total. The van der Waals surface area contributed by atoms with Crippen LogP contribution in [0.2, 0.25) is 0 Å². The van der Waals surface area contributed by atoms with Gasteiger partial charge in [-0.15, -0.1) is 0 Å². The highest BCUT2D eigenvalue weighted by Gasteiger charge is 2.13. The van der Waals surface area contributed by atoms with E-state index in [1.807, 2.05) is 32.2 Å². The van der Waals surface area contributed by atoms with Crippen molar-refractivity contribution in [1.82, 2.24) is 10.1 Å². The SMILES string of the molecule is Cc1cccc(C(N)N(C)N(C)N)c1. The van der Waals surface area contributed by atoms with Gasteiger partial charge in [0.1, 0.15) is 0 Å². The summed E-state index contributed by atoms with van der Waals surface area (Å²) in [4.78, 5) is 0. The Morgan fingerprint density at radius 3 is 2.43 bits per heavy atom. The minimum absolute atomic E-state index is 0.204. The van der Waals surface area contributed by atoms with Gasteiger partial charge in [0.2, 0.25) is 0 Å². The Bertz CT molecular complexity index is 298. The summed E-state index contributed by atoms with van der Waals surface area (Å²) in [5.74, 6) is 5.59. The van der Waals surface area contributed by atoms with E-state index in [-0.39, 0.29) is 6.17 Å². The number of hydrazine groups is 2. The Hall–Kier alpha value is -0.940. The van der Waals surface area contributed by atoms with Crippen LogP contribution < -0.4 is 11.6 Å². The van der Waals surface area contributed by atoms with Gasteiger partial charge >= 0.3 is 0 Å². The summed E-state index contributed by atoms with van der Waals surface area (Å²) in [7, 11) is 3.61. The molecule has 14 heavy (non-hydrogen) atoms. The van der Waals surface area contributed by atoms with Crippen LogP contribution in [-0.4, -0.2) is 24.2 Å². The van der Waals surface area contributed by atoms with Gasteiger partial charge in [0, 0.05) is 14.1 Å². The smallest absolute Gasteiger partial charge is 0.0979 e. The first kappa shape index (κ1) is 11.1. The van der Waals surface area contributed by atoms with Crippen molar-refractivity contribution in [2.45, 2.75) is 13.1 Å². The molecule has 0 aliphatic carbocycles. The van der Waals surface area contributed by atoms with Crippen LogP contribution in [0.25, 0.3) is 0 Å². The van der Waals surface area contributed by atoms with E-state index in [4.69, 9.17) is 11.6 Å². The third-order valence-corrected chi connectivity index (χ3v) is 2.28. The van der Waals surface area contributed by atoms with Crippen molar-refractivity contribution in [1.29, 1.82) is 0 Å². The Morgan fingerprint density at radius 2 is 1.93 bits per heavy atom. The zero-order chi connectivity index (χ0) is 10.7. The van der Waals surface area contributed by atoms with Crippen LogP contribution in [0.15, 0.2) is 24.3 Å². The second-order valence-corrected chi connectivity index (χ2v) is 3.51. The molecule has 78 valence electrons. The molecule has 0 heterocycles. The standard InChI is InChI=1S/C10H18N4/c1-8-5-4-6-9(7-8)10(11)13(2)14(3)12/h4-7,10H,11-12H2,1-3H3. The van der Waals surface area contributed by atoms with Crippen molar-refractivity contribution in [2.75, 3.05) is 14.1 Å². The highest BCUT2D eigenvalue weighted by Crippen LogP contribution is 2.14. The Balaban J connectivity index is 2.83. The monoisotopic (exact) mass is 194 g/mol. The average molecular weight is 194 g/mol. The Labute approximate surface area is 85.0 Å². The van der Waals surface area contributed by atoms with Crippen LogP contribution in [0.5, 0.6) is 0 Å². The van der Waals surface area contributed by atoms with Crippen molar-refractivity contribution in [3.8, 4) is 0 Å². The van der Waals surface area contributed by atoms with E-state index in [9.17, 15) is 0 Å². The van der Waals surface area contributed by atoms with Crippen molar-refractivity contribution in [2.24, 2.45) is 11.6 Å².